The second-order valence-corrected chi connectivity index (χ2v) is 6.22. The number of nitrogens with zero attached hydrogens (tertiary/aromatic N) is 1. The molecule has 0 bridgehead atoms. The van der Waals surface area contributed by atoms with Crippen LogP contribution in [0, 0.1) is 0 Å². The standard InChI is InChI=1S/C20H21NO4/c1-3-25-16-10-8-15(9-11-16)13-21-18-7-5-4-6-17(18)20(24,19(21)23)12-14(2)22/h4-11,24H,3,12-13H2,1-2H3/t20-/m0/s1. The summed E-state index contributed by atoms with van der Waals surface area (Å²) in [4.78, 5) is 26.0. The van der Waals surface area contributed by atoms with Crippen LogP contribution in [0.2, 0.25) is 0 Å². The average molecular weight is 339 g/mol. The van der Waals surface area contributed by atoms with Gasteiger partial charge in [0.25, 0.3) is 5.91 Å². The molecule has 0 aliphatic carbocycles. The highest BCUT2D eigenvalue weighted by Crippen LogP contribution is 2.43. The first-order valence-electron chi connectivity index (χ1n) is 8.30. The summed E-state index contributed by atoms with van der Waals surface area (Å²) in [6.45, 7) is 4.21. The molecule has 0 fully saturated rings. The van der Waals surface area contributed by atoms with Crippen LogP contribution in [0.4, 0.5) is 5.69 Å². The Morgan fingerprint density at radius 1 is 1.16 bits per heavy atom. The maximum Gasteiger partial charge on any atom is 0.264 e. The van der Waals surface area contributed by atoms with Crippen molar-refractivity contribution in [2.45, 2.75) is 32.4 Å². The van der Waals surface area contributed by atoms with Gasteiger partial charge in [-0.1, -0.05) is 30.3 Å². The van der Waals surface area contributed by atoms with Gasteiger partial charge in [-0.05, 0) is 37.6 Å². The average Bonchev–Trinajstić information content (AvgIpc) is 2.79. The first-order valence-corrected chi connectivity index (χ1v) is 8.30. The molecule has 0 unspecified atom stereocenters. The number of anilines is 1. The molecular formula is C20H21NO4. The highest BCUT2D eigenvalue weighted by Gasteiger charge is 2.50. The number of hydrogen-bond acceptors (Lipinski definition) is 4. The van der Waals surface area contributed by atoms with Gasteiger partial charge in [0.05, 0.1) is 18.8 Å². The predicted molar refractivity (Wildman–Crippen MR) is 94.4 cm³/mol. The number of carbonyl (C=O) groups is 2. The number of ether oxygens (including phenoxy) is 1. The van der Waals surface area contributed by atoms with Crippen LogP contribution in [0.1, 0.15) is 31.4 Å². The summed E-state index contributed by atoms with van der Waals surface area (Å²) in [7, 11) is 0. The lowest BCUT2D eigenvalue weighted by atomic mass is 9.90. The Bertz CT molecular complexity index is 800. The highest BCUT2D eigenvalue weighted by molar-refractivity contribution is 6.08. The smallest absolute Gasteiger partial charge is 0.264 e. The van der Waals surface area contributed by atoms with E-state index < -0.39 is 11.5 Å². The van der Waals surface area contributed by atoms with E-state index in [9.17, 15) is 14.7 Å². The zero-order valence-electron chi connectivity index (χ0n) is 14.4. The fourth-order valence-corrected chi connectivity index (χ4v) is 3.24. The van der Waals surface area contributed by atoms with E-state index in [0.717, 1.165) is 11.3 Å². The minimum atomic E-state index is -1.78. The normalized spacial score (nSPS) is 19.0. The van der Waals surface area contributed by atoms with Gasteiger partial charge in [0.1, 0.15) is 11.5 Å². The molecule has 1 aliphatic heterocycles. The van der Waals surface area contributed by atoms with E-state index in [2.05, 4.69) is 0 Å². The molecule has 2 aromatic rings. The zero-order chi connectivity index (χ0) is 18.0. The monoisotopic (exact) mass is 339 g/mol. The molecule has 0 saturated heterocycles. The Labute approximate surface area is 146 Å². The van der Waals surface area contributed by atoms with Crippen molar-refractivity contribution in [3.8, 4) is 5.75 Å². The lowest BCUT2D eigenvalue weighted by molar-refractivity contribution is -0.141. The Hall–Kier alpha value is -2.66. The van der Waals surface area contributed by atoms with Crippen molar-refractivity contribution in [3.05, 3.63) is 59.7 Å². The molecule has 0 aromatic heterocycles. The molecule has 0 radical (unpaired) electrons. The van der Waals surface area contributed by atoms with Crippen molar-refractivity contribution >= 4 is 17.4 Å². The molecule has 3 rings (SSSR count). The van der Waals surface area contributed by atoms with Crippen LogP contribution in [-0.2, 0) is 21.7 Å². The van der Waals surface area contributed by atoms with E-state index in [1.54, 1.807) is 18.2 Å². The minimum absolute atomic E-state index is 0.220. The van der Waals surface area contributed by atoms with Gasteiger partial charge in [0.15, 0.2) is 5.60 Å². The van der Waals surface area contributed by atoms with Crippen LogP contribution in [-0.4, -0.2) is 23.4 Å². The summed E-state index contributed by atoms with van der Waals surface area (Å²) in [5, 5.41) is 10.9. The quantitative estimate of drug-likeness (QED) is 0.879. The van der Waals surface area contributed by atoms with E-state index in [1.807, 2.05) is 37.3 Å². The van der Waals surface area contributed by atoms with Crippen molar-refractivity contribution in [1.82, 2.24) is 0 Å². The van der Waals surface area contributed by atoms with Crippen LogP contribution >= 0.6 is 0 Å². The van der Waals surface area contributed by atoms with Crippen LogP contribution in [0.15, 0.2) is 48.5 Å². The maximum absolute atomic E-state index is 12.9. The molecule has 2 aromatic carbocycles. The maximum atomic E-state index is 12.9. The molecule has 1 aliphatic rings. The SMILES string of the molecule is CCOc1ccc(CN2C(=O)[C@](O)(CC(C)=O)c3ccccc32)cc1. The summed E-state index contributed by atoms with van der Waals surface area (Å²) in [6, 6.07) is 14.6. The largest absolute Gasteiger partial charge is 0.494 e. The second-order valence-electron chi connectivity index (χ2n) is 6.22. The zero-order valence-corrected chi connectivity index (χ0v) is 14.4. The summed E-state index contributed by atoms with van der Waals surface area (Å²) >= 11 is 0. The molecule has 5 heteroatoms. The molecule has 1 heterocycles. The van der Waals surface area contributed by atoms with E-state index in [4.69, 9.17) is 4.74 Å². The number of ketones is 1. The first kappa shape index (κ1) is 17.2. The van der Waals surface area contributed by atoms with E-state index in [0.29, 0.717) is 24.4 Å². The van der Waals surface area contributed by atoms with Crippen LogP contribution in [0.25, 0.3) is 0 Å². The summed E-state index contributed by atoms with van der Waals surface area (Å²) < 4.78 is 5.43. The molecule has 25 heavy (non-hydrogen) atoms. The van der Waals surface area contributed by atoms with Crippen LogP contribution in [0.5, 0.6) is 5.75 Å². The second kappa shape index (κ2) is 6.69. The van der Waals surface area contributed by atoms with Crippen molar-refractivity contribution in [2.24, 2.45) is 0 Å². The number of hydrogen-bond donors (Lipinski definition) is 1. The Morgan fingerprint density at radius 3 is 2.48 bits per heavy atom. The molecular weight excluding hydrogens is 318 g/mol. The highest BCUT2D eigenvalue weighted by atomic mass is 16.5. The Kier molecular flexibility index (Phi) is 4.59. The lowest BCUT2D eigenvalue weighted by Crippen LogP contribution is -2.41. The van der Waals surface area contributed by atoms with Gasteiger partial charge in [-0.3, -0.25) is 9.59 Å². The molecule has 0 spiro atoms. The van der Waals surface area contributed by atoms with E-state index in [-0.39, 0.29) is 12.2 Å². The Morgan fingerprint density at radius 2 is 1.84 bits per heavy atom. The van der Waals surface area contributed by atoms with E-state index >= 15 is 0 Å². The third kappa shape index (κ3) is 3.15. The Balaban J connectivity index is 1.91. The van der Waals surface area contributed by atoms with Gasteiger partial charge in [0.2, 0.25) is 0 Å². The number of amides is 1. The van der Waals surface area contributed by atoms with Crippen molar-refractivity contribution in [1.29, 1.82) is 0 Å². The lowest BCUT2D eigenvalue weighted by Gasteiger charge is -2.22. The molecule has 1 atom stereocenters. The fraction of sp³-hybridized carbons (Fsp3) is 0.300. The van der Waals surface area contributed by atoms with Gasteiger partial charge in [-0.25, -0.2) is 0 Å². The molecule has 5 nitrogen and oxygen atoms in total. The van der Waals surface area contributed by atoms with E-state index in [1.165, 1.54) is 11.8 Å². The summed E-state index contributed by atoms with van der Waals surface area (Å²) in [5.41, 5.74) is 0.262. The number of para-hydroxylation sites is 1. The molecule has 130 valence electrons. The third-order valence-electron chi connectivity index (χ3n) is 4.32. The van der Waals surface area contributed by atoms with Gasteiger partial charge >= 0.3 is 0 Å². The molecule has 1 N–H and O–H groups in total. The van der Waals surface area contributed by atoms with Crippen LogP contribution < -0.4 is 9.64 Å². The number of carbonyl (C=O) groups excluding carboxylic acids is 2. The summed E-state index contributed by atoms with van der Waals surface area (Å²) in [5.74, 6) is 0.0823. The van der Waals surface area contributed by atoms with Crippen molar-refractivity contribution in [2.75, 3.05) is 11.5 Å². The van der Waals surface area contributed by atoms with Crippen molar-refractivity contribution < 1.29 is 19.4 Å². The first-order chi connectivity index (χ1) is 12.0. The van der Waals surface area contributed by atoms with Gasteiger partial charge in [-0.15, -0.1) is 0 Å². The number of Topliss-reactive ketones (excluding diaryl/α,β-unsaturated/α-hetero) is 1. The third-order valence-corrected chi connectivity index (χ3v) is 4.32. The predicted octanol–water partition coefficient (Wildman–Crippen LogP) is 2.80. The topological polar surface area (TPSA) is 66.8 Å². The minimum Gasteiger partial charge on any atom is -0.494 e. The number of benzene rings is 2. The van der Waals surface area contributed by atoms with Gasteiger partial charge < -0.3 is 14.7 Å². The van der Waals surface area contributed by atoms with Gasteiger partial charge in [-0.2, -0.15) is 0 Å². The molecule has 0 saturated carbocycles. The van der Waals surface area contributed by atoms with Crippen molar-refractivity contribution in [3.63, 3.8) is 0 Å². The van der Waals surface area contributed by atoms with Crippen LogP contribution in [0.3, 0.4) is 0 Å². The number of fused-ring (bicyclic) bond motifs is 1. The molecule has 1 amide bonds. The fourth-order valence-electron chi connectivity index (χ4n) is 3.24. The van der Waals surface area contributed by atoms with Gasteiger partial charge in [0, 0.05) is 12.0 Å². The summed E-state index contributed by atoms with van der Waals surface area (Å²) in [6.07, 6.45) is -0.220. The number of rotatable bonds is 6. The number of aliphatic hydroxyl groups is 1.